The second-order valence-corrected chi connectivity index (χ2v) is 9.36. The molecule has 0 rings (SSSR count). The molecule has 0 saturated carbocycles. The van der Waals surface area contributed by atoms with Gasteiger partial charge in [0, 0.05) is 11.5 Å². The number of hydrogen-bond acceptors (Lipinski definition) is 4. The molecule has 4 nitrogen and oxygen atoms in total. The lowest BCUT2D eigenvalue weighted by Gasteiger charge is -2.27. The highest BCUT2D eigenvalue weighted by Gasteiger charge is 2.47. The van der Waals surface area contributed by atoms with E-state index in [9.17, 15) is 16.8 Å². The molecule has 6 heteroatoms. The maximum Gasteiger partial charge on any atom is 0.170 e. The van der Waals surface area contributed by atoms with E-state index in [0.717, 1.165) is 0 Å². The normalized spacial score (nSPS) is 14.1. The van der Waals surface area contributed by atoms with Crippen molar-refractivity contribution >= 4 is 19.7 Å². The van der Waals surface area contributed by atoms with Crippen molar-refractivity contribution in [3.05, 3.63) is 0 Å². The zero-order valence-electron chi connectivity index (χ0n) is 9.78. The minimum atomic E-state index is -3.58. The van der Waals surface area contributed by atoms with Gasteiger partial charge in [0.2, 0.25) is 0 Å². The first-order valence-electron chi connectivity index (χ1n) is 5.13. The number of hydrogen-bond donors (Lipinski definition) is 0. The Bertz CT molecular complexity index is 358. The van der Waals surface area contributed by atoms with Crippen LogP contribution in [0.2, 0.25) is 0 Å². The van der Waals surface area contributed by atoms with Crippen LogP contribution in [-0.4, -0.2) is 32.4 Å². The average molecular weight is 256 g/mol. The largest absolute Gasteiger partial charge is 0.227 e. The topological polar surface area (TPSA) is 68.3 Å². The van der Waals surface area contributed by atoms with Gasteiger partial charge >= 0.3 is 0 Å². The molecule has 0 fully saturated rings. The van der Waals surface area contributed by atoms with Gasteiger partial charge in [-0.1, -0.05) is 27.2 Å². The Morgan fingerprint density at radius 2 is 1.20 bits per heavy atom. The van der Waals surface area contributed by atoms with Crippen LogP contribution < -0.4 is 0 Å². The van der Waals surface area contributed by atoms with Crippen LogP contribution in [0.3, 0.4) is 0 Å². The maximum atomic E-state index is 11.8. The van der Waals surface area contributed by atoms with Gasteiger partial charge in [-0.3, -0.25) is 0 Å². The number of rotatable bonds is 6. The highest BCUT2D eigenvalue weighted by molar-refractivity contribution is 8.10. The third-order valence-electron chi connectivity index (χ3n) is 2.78. The van der Waals surface area contributed by atoms with E-state index in [1.165, 1.54) is 20.8 Å². The quantitative estimate of drug-likeness (QED) is 0.720. The summed E-state index contributed by atoms with van der Waals surface area (Å²) in [6, 6.07) is 0. The van der Waals surface area contributed by atoms with Crippen LogP contribution in [0, 0.1) is 0 Å². The van der Waals surface area contributed by atoms with Crippen LogP contribution in [0.25, 0.3) is 0 Å². The van der Waals surface area contributed by atoms with E-state index in [-0.39, 0.29) is 17.9 Å². The van der Waals surface area contributed by atoms with Crippen LogP contribution in [0.5, 0.6) is 0 Å². The van der Waals surface area contributed by atoms with Crippen LogP contribution in [0.4, 0.5) is 0 Å². The van der Waals surface area contributed by atoms with E-state index in [0.29, 0.717) is 6.42 Å². The zero-order chi connectivity index (χ0) is 12.3. The maximum absolute atomic E-state index is 11.8. The molecule has 0 N–H and O–H groups in total. The average Bonchev–Trinajstić information content (AvgIpc) is 2.17. The molecule has 0 saturated heterocycles. The van der Waals surface area contributed by atoms with Crippen LogP contribution in [0.1, 0.15) is 40.5 Å². The summed E-state index contributed by atoms with van der Waals surface area (Å²) in [5, 5.41) is 0. The Balaban J connectivity index is 5.67. The molecule has 0 atom stereocenters. The van der Waals surface area contributed by atoms with Crippen LogP contribution in [-0.2, 0) is 19.7 Å². The summed E-state index contributed by atoms with van der Waals surface area (Å²) in [7, 11) is -7.16. The highest BCUT2D eigenvalue weighted by Crippen LogP contribution is 2.31. The van der Waals surface area contributed by atoms with Gasteiger partial charge in [0.05, 0.1) is 0 Å². The lowest BCUT2D eigenvalue weighted by molar-refractivity contribution is 0.534. The van der Waals surface area contributed by atoms with Gasteiger partial charge in [-0.05, 0) is 13.3 Å². The summed E-state index contributed by atoms with van der Waals surface area (Å²) >= 11 is 0. The summed E-state index contributed by atoms with van der Waals surface area (Å²) < 4.78 is 45.7. The van der Waals surface area contributed by atoms with Crippen molar-refractivity contribution in [2.75, 3.05) is 11.5 Å². The molecule has 0 aromatic rings. The molecule has 92 valence electrons. The van der Waals surface area contributed by atoms with Crippen molar-refractivity contribution in [1.82, 2.24) is 0 Å². The predicted octanol–water partition coefficient (Wildman–Crippen LogP) is 1.37. The fourth-order valence-corrected chi connectivity index (χ4v) is 6.08. The molecule has 0 aromatic carbocycles. The predicted molar refractivity (Wildman–Crippen MR) is 62.2 cm³/mol. The van der Waals surface area contributed by atoms with E-state index in [1.807, 2.05) is 0 Å². The molecule has 0 aromatic heterocycles. The first kappa shape index (κ1) is 14.9. The van der Waals surface area contributed by atoms with Crippen molar-refractivity contribution in [1.29, 1.82) is 0 Å². The molecule has 0 heterocycles. The summed E-state index contributed by atoms with van der Waals surface area (Å²) in [6.07, 6.45) is 0.703. The SMILES string of the molecule is CCCC(C)(S(=O)(=O)CC)S(=O)(=O)CC. The highest BCUT2D eigenvalue weighted by atomic mass is 32.3. The molecule has 0 radical (unpaired) electrons. The fourth-order valence-electron chi connectivity index (χ4n) is 1.57. The summed E-state index contributed by atoms with van der Waals surface area (Å²) in [5.74, 6) is -0.272. The molecule has 0 spiro atoms. The monoisotopic (exact) mass is 256 g/mol. The van der Waals surface area contributed by atoms with E-state index >= 15 is 0 Å². The molecule has 0 aliphatic rings. The van der Waals surface area contributed by atoms with Crippen LogP contribution >= 0.6 is 0 Å². The zero-order valence-corrected chi connectivity index (χ0v) is 11.4. The van der Waals surface area contributed by atoms with Crippen molar-refractivity contribution < 1.29 is 16.8 Å². The van der Waals surface area contributed by atoms with E-state index < -0.39 is 23.8 Å². The fraction of sp³-hybridized carbons (Fsp3) is 1.00. The van der Waals surface area contributed by atoms with Crippen molar-refractivity contribution in [3.63, 3.8) is 0 Å². The molecule has 0 amide bonds. The third-order valence-corrected chi connectivity index (χ3v) is 8.86. The molecular formula is C9H20O4S2. The molecular weight excluding hydrogens is 236 g/mol. The van der Waals surface area contributed by atoms with Crippen molar-refractivity contribution in [3.8, 4) is 0 Å². The van der Waals surface area contributed by atoms with Crippen molar-refractivity contribution in [2.24, 2.45) is 0 Å². The van der Waals surface area contributed by atoms with Gasteiger partial charge in [-0.2, -0.15) is 0 Å². The summed E-state index contributed by atoms with van der Waals surface area (Å²) in [6.45, 7) is 6.08. The van der Waals surface area contributed by atoms with Gasteiger partial charge in [0.1, 0.15) is 0 Å². The van der Waals surface area contributed by atoms with Gasteiger partial charge in [0.25, 0.3) is 0 Å². The molecule has 0 bridgehead atoms. The molecule has 0 aliphatic heterocycles. The standard InChI is InChI=1S/C9H20O4S2/c1-5-8-9(4,14(10,11)6-2)15(12,13)7-3/h5-8H2,1-4H3. The van der Waals surface area contributed by atoms with E-state index in [4.69, 9.17) is 0 Å². The molecule has 15 heavy (non-hydrogen) atoms. The second-order valence-electron chi connectivity index (χ2n) is 3.69. The summed E-state index contributed by atoms with van der Waals surface area (Å²) in [4.78, 5) is 0. The van der Waals surface area contributed by atoms with Gasteiger partial charge in [0.15, 0.2) is 23.8 Å². The number of sulfone groups is 2. The second kappa shape index (κ2) is 4.82. The Labute approximate surface area is 92.9 Å². The van der Waals surface area contributed by atoms with Gasteiger partial charge in [-0.15, -0.1) is 0 Å². The van der Waals surface area contributed by atoms with Gasteiger partial charge < -0.3 is 0 Å². The summed E-state index contributed by atoms with van der Waals surface area (Å²) in [5.41, 5.74) is 0. The van der Waals surface area contributed by atoms with E-state index in [2.05, 4.69) is 0 Å². The van der Waals surface area contributed by atoms with Gasteiger partial charge in [-0.25, -0.2) is 16.8 Å². The lowest BCUT2D eigenvalue weighted by Crippen LogP contribution is -2.45. The lowest BCUT2D eigenvalue weighted by atomic mass is 10.3. The van der Waals surface area contributed by atoms with Crippen LogP contribution in [0.15, 0.2) is 0 Å². The molecule has 0 unspecified atom stereocenters. The van der Waals surface area contributed by atoms with Crippen molar-refractivity contribution in [2.45, 2.75) is 44.6 Å². The van der Waals surface area contributed by atoms with E-state index in [1.54, 1.807) is 6.92 Å². The minimum absolute atomic E-state index is 0.136. The Morgan fingerprint density at radius 1 is 0.867 bits per heavy atom. The molecule has 0 aliphatic carbocycles. The first-order valence-corrected chi connectivity index (χ1v) is 8.43. The minimum Gasteiger partial charge on any atom is -0.227 e. The Kier molecular flexibility index (Phi) is 4.79. The third kappa shape index (κ3) is 2.53. The Morgan fingerprint density at radius 3 is 1.40 bits per heavy atom. The first-order chi connectivity index (χ1) is 6.68. The Hall–Kier alpha value is -0.100. The smallest absolute Gasteiger partial charge is 0.170 e.